The van der Waals surface area contributed by atoms with E-state index in [2.05, 4.69) is 0 Å². The van der Waals surface area contributed by atoms with Crippen molar-refractivity contribution >= 4 is 5.91 Å². The maximum atomic E-state index is 10.6. The summed E-state index contributed by atoms with van der Waals surface area (Å²) in [4.78, 5) is 10.6. The summed E-state index contributed by atoms with van der Waals surface area (Å²) in [5.41, 5.74) is 10.5. The van der Waals surface area contributed by atoms with Crippen molar-refractivity contribution in [3.8, 4) is 0 Å². The maximum Gasteiger partial charge on any atom is 0.248 e. The van der Waals surface area contributed by atoms with E-state index in [1.165, 1.54) is 6.20 Å². The highest BCUT2D eigenvalue weighted by molar-refractivity contribution is 5.95. The van der Waals surface area contributed by atoms with E-state index in [1.807, 2.05) is 6.92 Å². The topological polar surface area (TPSA) is 69.1 Å². The zero-order chi connectivity index (χ0) is 8.69. The van der Waals surface area contributed by atoms with E-state index in [0.29, 0.717) is 5.57 Å². The lowest BCUT2D eigenvalue weighted by Crippen LogP contribution is -2.12. The fourth-order valence-corrected chi connectivity index (χ4v) is 0.559. The molecule has 0 aliphatic heterocycles. The summed E-state index contributed by atoms with van der Waals surface area (Å²) in [6.07, 6.45) is 7.82. The fraction of sp³-hybridized carbons (Fsp3) is 0.125. The summed E-state index contributed by atoms with van der Waals surface area (Å²) < 4.78 is 0. The first-order chi connectivity index (χ1) is 5.22. The Morgan fingerprint density at radius 3 is 2.45 bits per heavy atom. The van der Waals surface area contributed by atoms with Crippen molar-refractivity contribution in [2.75, 3.05) is 0 Å². The third-order valence-electron chi connectivity index (χ3n) is 1.02. The molecule has 0 aromatic heterocycles. The Kier molecular flexibility index (Phi) is 4.56. The Labute approximate surface area is 66.1 Å². The molecule has 0 aliphatic rings. The van der Waals surface area contributed by atoms with Crippen LogP contribution < -0.4 is 11.5 Å². The highest BCUT2D eigenvalue weighted by atomic mass is 16.1. The Morgan fingerprint density at radius 1 is 1.45 bits per heavy atom. The van der Waals surface area contributed by atoms with Crippen molar-refractivity contribution in [1.82, 2.24) is 0 Å². The average Bonchev–Trinajstić information content (AvgIpc) is 1.97. The summed E-state index contributed by atoms with van der Waals surface area (Å²) >= 11 is 0. The van der Waals surface area contributed by atoms with Gasteiger partial charge < -0.3 is 11.5 Å². The molecule has 0 bridgehead atoms. The first kappa shape index (κ1) is 9.49. The number of amides is 1. The third kappa shape index (κ3) is 3.97. The summed E-state index contributed by atoms with van der Waals surface area (Å²) in [5.74, 6) is -0.457. The van der Waals surface area contributed by atoms with Gasteiger partial charge in [0.2, 0.25) is 5.91 Å². The number of carbonyl (C=O) groups excluding carboxylic acids is 1. The maximum absolute atomic E-state index is 10.6. The van der Waals surface area contributed by atoms with E-state index >= 15 is 0 Å². The smallest absolute Gasteiger partial charge is 0.248 e. The van der Waals surface area contributed by atoms with Crippen LogP contribution >= 0.6 is 0 Å². The Morgan fingerprint density at radius 2 is 2.09 bits per heavy atom. The molecule has 0 atom stereocenters. The monoisotopic (exact) mass is 152 g/mol. The van der Waals surface area contributed by atoms with Crippen molar-refractivity contribution in [2.45, 2.75) is 6.92 Å². The molecular weight excluding hydrogens is 140 g/mol. The summed E-state index contributed by atoms with van der Waals surface area (Å²) in [6, 6.07) is 0. The molecule has 0 aromatic carbocycles. The van der Waals surface area contributed by atoms with Crippen molar-refractivity contribution in [3.05, 3.63) is 36.1 Å². The second-order valence-electron chi connectivity index (χ2n) is 1.87. The molecule has 11 heavy (non-hydrogen) atoms. The van der Waals surface area contributed by atoms with Gasteiger partial charge in [-0.3, -0.25) is 4.79 Å². The Hall–Kier alpha value is -1.51. The number of primary amides is 1. The van der Waals surface area contributed by atoms with E-state index in [9.17, 15) is 4.79 Å². The molecule has 0 saturated heterocycles. The Bertz CT molecular complexity index is 214. The summed E-state index contributed by atoms with van der Waals surface area (Å²) in [5, 5.41) is 0. The molecule has 3 heteroatoms. The molecule has 0 aliphatic carbocycles. The van der Waals surface area contributed by atoms with Gasteiger partial charge in [0.25, 0.3) is 0 Å². The molecule has 0 spiro atoms. The van der Waals surface area contributed by atoms with Gasteiger partial charge in [0.05, 0.1) is 0 Å². The van der Waals surface area contributed by atoms with E-state index in [0.717, 1.165) is 0 Å². The lowest BCUT2D eigenvalue weighted by molar-refractivity contribution is -0.114. The number of hydrogen-bond donors (Lipinski definition) is 2. The molecule has 3 nitrogen and oxygen atoms in total. The zero-order valence-corrected chi connectivity index (χ0v) is 6.45. The van der Waals surface area contributed by atoms with Gasteiger partial charge in [-0.2, -0.15) is 0 Å². The van der Waals surface area contributed by atoms with Crippen molar-refractivity contribution < 1.29 is 4.79 Å². The summed E-state index contributed by atoms with van der Waals surface area (Å²) in [7, 11) is 0. The van der Waals surface area contributed by atoms with Crippen LogP contribution in [0.15, 0.2) is 36.1 Å². The van der Waals surface area contributed by atoms with Crippen LogP contribution in [0.5, 0.6) is 0 Å². The van der Waals surface area contributed by atoms with Gasteiger partial charge in [-0.25, -0.2) is 0 Å². The van der Waals surface area contributed by atoms with Gasteiger partial charge in [0, 0.05) is 5.57 Å². The van der Waals surface area contributed by atoms with Crippen LogP contribution in [0, 0.1) is 0 Å². The van der Waals surface area contributed by atoms with Crippen LogP contribution in [0.25, 0.3) is 0 Å². The molecule has 0 unspecified atom stereocenters. The van der Waals surface area contributed by atoms with Gasteiger partial charge >= 0.3 is 0 Å². The molecule has 0 heterocycles. The van der Waals surface area contributed by atoms with E-state index in [4.69, 9.17) is 11.5 Å². The molecule has 60 valence electrons. The minimum absolute atomic E-state index is 0.439. The SMILES string of the molecule is C\C=C/C(=C\C=C\N)C(N)=O. The standard InChI is InChI=1S/C8H12N2O/c1-2-4-7(8(10)11)5-3-6-9/h2-6H,9H2,1H3,(H2,10,11)/b4-2-,6-3+,7-5+. The molecule has 0 rings (SSSR count). The van der Waals surface area contributed by atoms with Gasteiger partial charge in [-0.05, 0) is 25.3 Å². The van der Waals surface area contributed by atoms with Gasteiger partial charge in [-0.1, -0.05) is 12.2 Å². The number of allylic oxidation sites excluding steroid dienone is 3. The van der Waals surface area contributed by atoms with Crippen molar-refractivity contribution in [3.63, 3.8) is 0 Å². The molecule has 1 amide bonds. The third-order valence-corrected chi connectivity index (χ3v) is 1.02. The van der Waals surface area contributed by atoms with Gasteiger partial charge in [0.15, 0.2) is 0 Å². The number of rotatable bonds is 3. The fourth-order valence-electron chi connectivity index (χ4n) is 0.559. The molecular formula is C8H12N2O. The van der Waals surface area contributed by atoms with Crippen LogP contribution in [0.1, 0.15) is 6.92 Å². The largest absolute Gasteiger partial charge is 0.405 e. The van der Waals surface area contributed by atoms with Crippen molar-refractivity contribution in [1.29, 1.82) is 0 Å². The van der Waals surface area contributed by atoms with Gasteiger partial charge in [-0.15, -0.1) is 0 Å². The minimum Gasteiger partial charge on any atom is -0.405 e. The lowest BCUT2D eigenvalue weighted by atomic mass is 10.2. The molecule has 0 fully saturated rings. The van der Waals surface area contributed by atoms with Gasteiger partial charge in [0.1, 0.15) is 0 Å². The number of hydrogen-bond acceptors (Lipinski definition) is 2. The first-order valence-electron chi connectivity index (χ1n) is 3.23. The molecule has 0 radical (unpaired) electrons. The first-order valence-corrected chi connectivity index (χ1v) is 3.23. The van der Waals surface area contributed by atoms with Crippen LogP contribution in [0.4, 0.5) is 0 Å². The van der Waals surface area contributed by atoms with Crippen LogP contribution in [0.3, 0.4) is 0 Å². The van der Waals surface area contributed by atoms with E-state index < -0.39 is 5.91 Å². The summed E-state index contributed by atoms with van der Waals surface area (Å²) in [6.45, 7) is 1.81. The average molecular weight is 152 g/mol. The predicted molar refractivity (Wildman–Crippen MR) is 45.4 cm³/mol. The molecule has 0 aromatic rings. The number of carbonyl (C=O) groups is 1. The molecule has 0 saturated carbocycles. The highest BCUT2D eigenvalue weighted by Gasteiger charge is 1.95. The van der Waals surface area contributed by atoms with E-state index in [1.54, 1.807) is 24.3 Å². The van der Waals surface area contributed by atoms with Crippen LogP contribution in [-0.4, -0.2) is 5.91 Å². The second-order valence-corrected chi connectivity index (χ2v) is 1.87. The second kappa shape index (κ2) is 5.29. The normalized spacial score (nSPS) is 13.0. The lowest BCUT2D eigenvalue weighted by Gasteiger charge is -1.90. The highest BCUT2D eigenvalue weighted by Crippen LogP contribution is 1.95. The van der Waals surface area contributed by atoms with Crippen LogP contribution in [0.2, 0.25) is 0 Å². The molecule has 4 N–H and O–H groups in total. The van der Waals surface area contributed by atoms with Crippen LogP contribution in [-0.2, 0) is 4.79 Å². The quantitative estimate of drug-likeness (QED) is 0.455. The van der Waals surface area contributed by atoms with E-state index in [-0.39, 0.29) is 0 Å². The Balaban J connectivity index is 4.45. The predicted octanol–water partition coefficient (Wildman–Crippen LogP) is 0.447. The number of nitrogens with two attached hydrogens (primary N) is 2. The zero-order valence-electron chi connectivity index (χ0n) is 6.45. The van der Waals surface area contributed by atoms with Crippen molar-refractivity contribution in [2.24, 2.45) is 11.5 Å². The minimum atomic E-state index is -0.457.